The standard InChI is InChI=1S/C17H24N4O2S.C2HF3O2/c1-19(2)17(22)13-23-12-14-8-20(11-16-4-3-7-24-16)10-15-5-6-18-21(15)9-14;3-2(4,5)1(6)7/h3-7,14H,8-13H2,1-2H3;(H,6,7). The summed E-state index contributed by atoms with van der Waals surface area (Å²) >= 11 is 1.79. The van der Waals surface area contributed by atoms with Gasteiger partial charge in [0, 0.05) is 57.3 Å². The van der Waals surface area contributed by atoms with E-state index >= 15 is 0 Å². The molecule has 3 heterocycles. The van der Waals surface area contributed by atoms with Crippen molar-refractivity contribution in [3.8, 4) is 0 Å². The lowest BCUT2D eigenvalue weighted by Gasteiger charge is -2.23. The molecular weight excluding hydrogens is 437 g/mol. The first-order valence-electron chi connectivity index (χ1n) is 9.39. The van der Waals surface area contributed by atoms with Crippen LogP contribution in [0, 0.1) is 5.92 Å². The first-order valence-corrected chi connectivity index (χ1v) is 10.3. The predicted molar refractivity (Wildman–Crippen MR) is 107 cm³/mol. The van der Waals surface area contributed by atoms with E-state index in [9.17, 15) is 18.0 Å². The highest BCUT2D eigenvalue weighted by Gasteiger charge is 2.38. The predicted octanol–water partition coefficient (Wildman–Crippen LogP) is 2.31. The van der Waals surface area contributed by atoms with E-state index < -0.39 is 12.1 Å². The number of amides is 1. The average Bonchev–Trinajstić information content (AvgIpc) is 3.30. The fourth-order valence-electron chi connectivity index (χ4n) is 2.91. The van der Waals surface area contributed by atoms with Gasteiger partial charge in [-0.2, -0.15) is 18.3 Å². The van der Waals surface area contributed by atoms with Gasteiger partial charge in [0.15, 0.2) is 0 Å². The van der Waals surface area contributed by atoms with E-state index in [1.807, 2.05) is 6.20 Å². The maximum Gasteiger partial charge on any atom is 0.490 e. The molecule has 1 unspecified atom stereocenters. The first-order chi connectivity index (χ1) is 14.6. The van der Waals surface area contributed by atoms with Crippen LogP contribution in [0.1, 0.15) is 10.6 Å². The van der Waals surface area contributed by atoms with Gasteiger partial charge in [0.1, 0.15) is 6.61 Å². The van der Waals surface area contributed by atoms with E-state index in [0.717, 1.165) is 26.2 Å². The van der Waals surface area contributed by atoms with Crippen molar-refractivity contribution in [1.29, 1.82) is 0 Å². The molecule has 1 amide bonds. The number of carboxylic acid groups (broad SMARTS) is 1. The molecule has 1 atom stereocenters. The lowest BCUT2D eigenvalue weighted by atomic mass is 10.1. The molecular formula is C19H25F3N4O4S. The minimum atomic E-state index is -5.08. The van der Waals surface area contributed by atoms with Crippen molar-refractivity contribution in [3.63, 3.8) is 0 Å². The number of hydrogen-bond donors (Lipinski definition) is 1. The van der Waals surface area contributed by atoms with E-state index in [0.29, 0.717) is 12.5 Å². The van der Waals surface area contributed by atoms with Gasteiger partial charge in [-0.1, -0.05) is 6.07 Å². The SMILES string of the molecule is CN(C)C(=O)COCC1CN(Cc2cccs2)Cc2ccnn2C1.O=C(O)C(F)(F)F. The van der Waals surface area contributed by atoms with Crippen LogP contribution in [-0.2, 0) is 34.0 Å². The van der Waals surface area contributed by atoms with Crippen molar-refractivity contribution in [3.05, 3.63) is 40.3 Å². The highest BCUT2D eigenvalue weighted by atomic mass is 32.1. The summed E-state index contributed by atoms with van der Waals surface area (Å²) in [6, 6.07) is 6.35. The van der Waals surface area contributed by atoms with Crippen LogP contribution < -0.4 is 0 Å². The zero-order valence-electron chi connectivity index (χ0n) is 17.2. The minimum Gasteiger partial charge on any atom is -0.475 e. The van der Waals surface area contributed by atoms with E-state index in [1.54, 1.807) is 30.3 Å². The Labute approximate surface area is 181 Å². The highest BCUT2D eigenvalue weighted by molar-refractivity contribution is 7.09. The number of rotatable bonds is 6. The molecule has 12 heteroatoms. The number of carboxylic acids is 1. The zero-order chi connectivity index (χ0) is 23.0. The van der Waals surface area contributed by atoms with Crippen LogP contribution in [-0.4, -0.2) is 76.6 Å². The Morgan fingerprint density at radius 3 is 2.61 bits per heavy atom. The molecule has 2 aromatic heterocycles. The van der Waals surface area contributed by atoms with Crippen molar-refractivity contribution in [1.82, 2.24) is 19.6 Å². The maximum absolute atomic E-state index is 11.7. The summed E-state index contributed by atoms with van der Waals surface area (Å²) in [6.07, 6.45) is -3.22. The molecule has 0 saturated heterocycles. The normalized spacial score (nSPS) is 16.6. The Kier molecular flexibility index (Phi) is 9.01. The fourth-order valence-corrected chi connectivity index (χ4v) is 3.66. The Hall–Kier alpha value is -2.44. The molecule has 1 aliphatic heterocycles. The van der Waals surface area contributed by atoms with Crippen LogP contribution in [0.15, 0.2) is 29.8 Å². The van der Waals surface area contributed by atoms with Crippen LogP contribution in [0.4, 0.5) is 13.2 Å². The second-order valence-electron chi connectivity index (χ2n) is 7.23. The van der Waals surface area contributed by atoms with E-state index in [-0.39, 0.29) is 12.5 Å². The number of ether oxygens (including phenoxy) is 1. The number of halogens is 3. The first kappa shape index (κ1) is 24.8. The number of aromatic nitrogens is 2. The monoisotopic (exact) mass is 462 g/mol. The largest absolute Gasteiger partial charge is 0.490 e. The van der Waals surface area contributed by atoms with Crippen LogP contribution in [0.2, 0.25) is 0 Å². The molecule has 0 saturated carbocycles. The maximum atomic E-state index is 11.7. The lowest BCUT2D eigenvalue weighted by Crippen LogP contribution is -2.32. The van der Waals surface area contributed by atoms with Gasteiger partial charge in [0.2, 0.25) is 5.91 Å². The van der Waals surface area contributed by atoms with Gasteiger partial charge in [-0.05, 0) is 17.5 Å². The van der Waals surface area contributed by atoms with Crippen molar-refractivity contribution in [2.45, 2.75) is 25.8 Å². The summed E-state index contributed by atoms with van der Waals surface area (Å²) in [4.78, 5) is 25.9. The van der Waals surface area contributed by atoms with Crippen LogP contribution in [0.3, 0.4) is 0 Å². The molecule has 31 heavy (non-hydrogen) atoms. The quantitative estimate of drug-likeness (QED) is 0.709. The molecule has 8 nitrogen and oxygen atoms in total. The minimum absolute atomic E-state index is 0.00107. The van der Waals surface area contributed by atoms with Gasteiger partial charge in [-0.3, -0.25) is 14.4 Å². The number of alkyl halides is 3. The summed E-state index contributed by atoms with van der Waals surface area (Å²) in [5.41, 5.74) is 1.23. The second-order valence-corrected chi connectivity index (χ2v) is 8.26. The number of likely N-dealkylation sites (N-methyl/N-ethyl adjacent to an activating group) is 1. The molecule has 0 aliphatic carbocycles. The van der Waals surface area contributed by atoms with Crippen LogP contribution in [0.25, 0.3) is 0 Å². The number of aliphatic carboxylic acids is 1. The van der Waals surface area contributed by atoms with Crippen molar-refractivity contribution in [2.24, 2.45) is 5.92 Å². The molecule has 3 rings (SSSR count). The highest BCUT2D eigenvalue weighted by Crippen LogP contribution is 2.20. The molecule has 0 aromatic carbocycles. The Morgan fingerprint density at radius 1 is 1.32 bits per heavy atom. The van der Waals surface area contributed by atoms with Gasteiger partial charge in [0.25, 0.3) is 0 Å². The van der Waals surface area contributed by atoms with Crippen molar-refractivity contribution < 1.29 is 32.6 Å². The number of thiophene rings is 1. The fraction of sp³-hybridized carbons (Fsp3) is 0.526. The zero-order valence-corrected chi connectivity index (χ0v) is 18.0. The number of hydrogen-bond acceptors (Lipinski definition) is 6. The van der Waals surface area contributed by atoms with Gasteiger partial charge >= 0.3 is 12.1 Å². The summed E-state index contributed by atoms with van der Waals surface area (Å²) in [5.74, 6) is -2.44. The summed E-state index contributed by atoms with van der Waals surface area (Å²) in [7, 11) is 3.49. The average molecular weight is 462 g/mol. The van der Waals surface area contributed by atoms with Crippen LogP contribution >= 0.6 is 11.3 Å². The molecule has 2 aromatic rings. The second kappa shape index (κ2) is 11.3. The lowest BCUT2D eigenvalue weighted by molar-refractivity contribution is -0.192. The van der Waals surface area contributed by atoms with Crippen LogP contribution in [0.5, 0.6) is 0 Å². The molecule has 1 aliphatic rings. The van der Waals surface area contributed by atoms with E-state index in [1.165, 1.54) is 10.6 Å². The number of fused-ring (bicyclic) bond motifs is 1. The summed E-state index contributed by atoms with van der Waals surface area (Å²) in [6.45, 7) is 4.32. The summed E-state index contributed by atoms with van der Waals surface area (Å²) in [5, 5.41) is 13.7. The molecule has 172 valence electrons. The van der Waals surface area contributed by atoms with Crippen molar-refractivity contribution in [2.75, 3.05) is 33.9 Å². The summed E-state index contributed by atoms with van der Waals surface area (Å²) < 4.78 is 39.5. The molecule has 1 N–H and O–H groups in total. The molecule has 0 fully saturated rings. The van der Waals surface area contributed by atoms with Crippen molar-refractivity contribution >= 4 is 23.2 Å². The Morgan fingerprint density at radius 2 is 2.03 bits per heavy atom. The number of carbonyl (C=O) groups is 2. The topological polar surface area (TPSA) is 87.9 Å². The third kappa shape index (κ3) is 8.31. The van der Waals surface area contributed by atoms with Gasteiger partial charge < -0.3 is 14.7 Å². The molecule has 0 bridgehead atoms. The Bertz CT molecular complexity index is 840. The van der Waals surface area contributed by atoms with Gasteiger partial charge in [-0.15, -0.1) is 11.3 Å². The smallest absolute Gasteiger partial charge is 0.475 e. The van der Waals surface area contributed by atoms with E-state index in [4.69, 9.17) is 14.6 Å². The molecule has 0 radical (unpaired) electrons. The third-order valence-electron chi connectivity index (χ3n) is 4.42. The number of carbonyl (C=O) groups excluding carboxylic acids is 1. The van der Waals surface area contributed by atoms with Gasteiger partial charge in [0.05, 0.1) is 12.3 Å². The third-order valence-corrected chi connectivity index (χ3v) is 5.28. The molecule has 0 spiro atoms. The Balaban J connectivity index is 0.000000423. The van der Waals surface area contributed by atoms with E-state index in [2.05, 4.69) is 38.3 Å². The number of nitrogens with zero attached hydrogens (tertiary/aromatic N) is 4. The van der Waals surface area contributed by atoms with Gasteiger partial charge in [-0.25, -0.2) is 4.79 Å².